The monoisotopic (exact) mass is 415 g/mol. The Morgan fingerprint density at radius 1 is 1.21 bits per heavy atom. The van der Waals surface area contributed by atoms with Gasteiger partial charge in [0.1, 0.15) is 5.69 Å². The number of amides is 2. The molecule has 28 heavy (non-hydrogen) atoms. The van der Waals surface area contributed by atoms with E-state index in [9.17, 15) is 22.2 Å². The van der Waals surface area contributed by atoms with E-state index in [1.165, 1.54) is 6.07 Å². The van der Waals surface area contributed by atoms with Crippen molar-refractivity contribution in [1.29, 1.82) is 0 Å². The Morgan fingerprint density at radius 3 is 2.54 bits per heavy atom. The summed E-state index contributed by atoms with van der Waals surface area (Å²) in [6.45, 7) is 0.936. The average molecular weight is 415 g/mol. The number of urea groups is 1. The van der Waals surface area contributed by atoms with Gasteiger partial charge in [0, 0.05) is 30.7 Å². The number of pyridine rings is 1. The van der Waals surface area contributed by atoms with Gasteiger partial charge in [0.25, 0.3) is 0 Å². The molecule has 0 saturated carbocycles. The molecule has 0 spiro atoms. The van der Waals surface area contributed by atoms with Crippen LogP contribution in [0.15, 0.2) is 53.6 Å². The van der Waals surface area contributed by atoms with E-state index in [0.717, 1.165) is 17.2 Å². The average Bonchev–Trinajstić information content (AvgIpc) is 3.16. The molecule has 2 heterocycles. The summed E-state index contributed by atoms with van der Waals surface area (Å²) < 4.78 is 50.1. The molecule has 2 unspecified atom stereocenters. The van der Waals surface area contributed by atoms with E-state index in [-0.39, 0.29) is 23.3 Å². The predicted octanol–water partition coefficient (Wildman–Crippen LogP) is 2.37. The molecule has 10 heteroatoms. The first-order valence-corrected chi connectivity index (χ1v) is 9.56. The number of alkyl halides is 3. The second kappa shape index (κ2) is 9.16. The molecule has 3 N–H and O–H groups in total. The quantitative estimate of drug-likeness (QED) is 0.831. The van der Waals surface area contributed by atoms with Gasteiger partial charge in [0.2, 0.25) is 0 Å². The summed E-state index contributed by atoms with van der Waals surface area (Å²) in [5.74, 6) is 0. The second-order valence-electron chi connectivity index (χ2n) is 6.18. The zero-order valence-electron chi connectivity index (χ0n) is 14.8. The highest BCUT2D eigenvalue weighted by Gasteiger charge is 2.32. The molecule has 2 amide bonds. The number of carbonyl (C=O) groups excluding carboxylic acids is 1. The van der Waals surface area contributed by atoms with Gasteiger partial charge in [-0.15, -0.1) is 0 Å². The van der Waals surface area contributed by atoms with Crippen LogP contribution in [0, 0.1) is 0 Å². The molecule has 0 aliphatic carbocycles. The molecule has 1 fully saturated rings. The zero-order valence-corrected chi connectivity index (χ0v) is 15.6. The molecule has 152 valence electrons. The van der Waals surface area contributed by atoms with Crippen LogP contribution in [0.4, 0.5) is 18.0 Å². The van der Waals surface area contributed by atoms with Crippen molar-refractivity contribution in [3.63, 3.8) is 0 Å². The Kier molecular flexibility index (Phi) is 7.14. The highest BCUT2D eigenvalue weighted by Crippen LogP contribution is 2.27. The van der Waals surface area contributed by atoms with E-state index in [1.807, 2.05) is 18.2 Å². The van der Waals surface area contributed by atoms with Gasteiger partial charge in [0.15, 0.2) is 0 Å². The third kappa shape index (κ3) is 5.29. The summed E-state index contributed by atoms with van der Waals surface area (Å²) >= 11 is 0. The molecule has 1 aromatic carbocycles. The smallest absolute Gasteiger partial charge is 0.412 e. The molecule has 0 bridgehead atoms. The Balaban J connectivity index is 0.00000280. The molecule has 6 nitrogen and oxygen atoms in total. The van der Waals surface area contributed by atoms with Gasteiger partial charge < -0.3 is 15.7 Å². The first kappa shape index (κ1) is 21.8. The Labute approximate surface area is 162 Å². The maximum absolute atomic E-state index is 12.6. The molecule has 1 saturated heterocycles. The lowest BCUT2D eigenvalue weighted by Gasteiger charge is -2.17. The van der Waals surface area contributed by atoms with E-state index in [0.29, 0.717) is 25.1 Å². The Bertz CT molecular complexity index is 816. The van der Waals surface area contributed by atoms with Gasteiger partial charge in [-0.1, -0.05) is 24.3 Å². The lowest BCUT2D eigenvalue weighted by Crippen LogP contribution is -2.38. The van der Waals surface area contributed by atoms with Crippen LogP contribution >= 0.6 is 0 Å². The van der Waals surface area contributed by atoms with Crippen LogP contribution in [0.1, 0.15) is 17.7 Å². The highest BCUT2D eigenvalue weighted by atomic mass is 32.2. The fourth-order valence-electron chi connectivity index (χ4n) is 2.82. The maximum Gasteiger partial charge on any atom is 0.433 e. The van der Waals surface area contributed by atoms with Crippen molar-refractivity contribution in [1.82, 2.24) is 15.2 Å². The van der Waals surface area contributed by atoms with Crippen LogP contribution in [0.25, 0.3) is 0 Å². The van der Waals surface area contributed by atoms with Gasteiger partial charge >= 0.3 is 12.2 Å². The van der Waals surface area contributed by atoms with Crippen LogP contribution in [0.5, 0.6) is 0 Å². The summed E-state index contributed by atoms with van der Waals surface area (Å²) in [5.41, 5.74) is -0.497. The fraction of sp³-hybridized carbons (Fsp3) is 0.333. The van der Waals surface area contributed by atoms with Crippen molar-refractivity contribution in [2.24, 2.45) is 0 Å². The third-order valence-corrected chi connectivity index (χ3v) is 6.00. The van der Waals surface area contributed by atoms with Crippen molar-refractivity contribution in [3.8, 4) is 0 Å². The number of nitrogens with zero attached hydrogens (tertiary/aromatic N) is 2. The minimum atomic E-state index is -4.49. The second-order valence-corrected chi connectivity index (χ2v) is 7.91. The van der Waals surface area contributed by atoms with Crippen LogP contribution in [-0.2, 0) is 23.5 Å². The largest absolute Gasteiger partial charge is 0.433 e. The topological polar surface area (TPSA) is 93.8 Å². The van der Waals surface area contributed by atoms with Crippen LogP contribution in [0.2, 0.25) is 0 Å². The van der Waals surface area contributed by atoms with Crippen molar-refractivity contribution >= 4 is 16.8 Å². The summed E-state index contributed by atoms with van der Waals surface area (Å²) in [6, 6.07) is 10.9. The third-order valence-electron chi connectivity index (χ3n) is 4.27. The van der Waals surface area contributed by atoms with Gasteiger partial charge in [-0.25, -0.2) is 4.79 Å². The number of carbonyl (C=O) groups is 1. The molecule has 0 radical (unpaired) electrons. The van der Waals surface area contributed by atoms with Crippen LogP contribution in [0.3, 0.4) is 0 Å². The minimum absolute atomic E-state index is 0. The van der Waals surface area contributed by atoms with E-state index < -0.39 is 22.7 Å². The fourth-order valence-corrected chi connectivity index (χ4v) is 4.27. The molecule has 1 aromatic heterocycles. The lowest BCUT2D eigenvalue weighted by atomic mass is 10.2. The molecular weight excluding hydrogens is 395 g/mol. The normalized spacial score (nSPS) is 17.7. The van der Waals surface area contributed by atoms with Crippen LogP contribution < -0.4 is 5.32 Å². The SMILES string of the molecule is O.O=C(NCc1ccc(C(F)(F)F)nc1)N1CCC(S(=O)c2ccccc2)C1. The van der Waals surface area contributed by atoms with E-state index in [4.69, 9.17) is 0 Å². The van der Waals surface area contributed by atoms with Gasteiger partial charge in [-0.05, 0) is 30.2 Å². The number of aromatic nitrogens is 1. The number of halogens is 3. The van der Waals surface area contributed by atoms with E-state index in [1.54, 1.807) is 17.0 Å². The van der Waals surface area contributed by atoms with Gasteiger partial charge in [-0.2, -0.15) is 13.2 Å². The number of hydrogen-bond acceptors (Lipinski definition) is 3. The van der Waals surface area contributed by atoms with Crippen molar-refractivity contribution in [2.45, 2.75) is 29.3 Å². The van der Waals surface area contributed by atoms with Gasteiger partial charge in [-0.3, -0.25) is 9.19 Å². The molecular formula is C18H20F3N3O3S. The Morgan fingerprint density at radius 2 is 1.93 bits per heavy atom. The highest BCUT2D eigenvalue weighted by molar-refractivity contribution is 7.85. The van der Waals surface area contributed by atoms with E-state index in [2.05, 4.69) is 10.3 Å². The summed E-state index contributed by atoms with van der Waals surface area (Å²) in [7, 11) is -1.19. The molecule has 1 aliphatic heterocycles. The van der Waals surface area contributed by atoms with Crippen molar-refractivity contribution < 1.29 is 27.7 Å². The van der Waals surface area contributed by atoms with Crippen molar-refractivity contribution in [3.05, 3.63) is 59.9 Å². The molecule has 3 rings (SSSR count). The number of rotatable bonds is 4. The Hall–Kier alpha value is -2.46. The first-order chi connectivity index (χ1) is 12.8. The minimum Gasteiger partial charge on any atom is -0.412 e. The first-order valence-electron chi connectivity index (χ1n) is 8.35. The molecule has 1 aliphatic rings. The summed E-state index contributed by atoms with van der Waals surface area (Å²) in [6.07, 6.45) is -2.75. The zero-order chi connectivity index (χ0) is 19.4. The van der Waals surface area contributed by atoms with Gasteiger partial charge in [0.05, 0.1) is 16.0 Å². The van der Waals surface area contributed by atoms with E-state index >= 15 is 0 Å². The van der Waals surface area contributed by atoms with Crippen molar-refractivity contribution in [2.75, 3.05) is 13.1 Å². The lowest BCUT2D eigenvalue weighted by molar-refractivity contribution is -0.141. The number of hydrogen-bond donors (Lipinski definition) is 1. The number of likely N-dealkylation sites (tertiary alicyclic amines) is 1. The number of nitrogens with one attached hydrogen (secondary N) is 1. The summed E-state index contributed by atoms with van der Waals surface area (Å²) in [5, 5.41) is 2.53. The molecule has 2 aromatic rings. The summed E-state index contributed by atoms with van der Waals surface area (Å²) in [4.78, 5) is 17.9. The standard InChI is InChI=1S/C18H18F3N3O2S.H2O/c19-18(20,21)16-7-6-13(10-22-16)11-23-17(25)24-9-8-15(12-24)27(26)14-4-2-1-3-5-14;/h1-7,10,15H,8-9,11-12H2,(H,23,25);1H2. The number of benzene rings is 1. The predicted molar refractivity (Wildman–Crippen MR) is 97.9 cm³/mol. The van der Waals surface area contributed by atoms with Crippen LogP contribution in [-0.4, -0.2) is 43.9 Å². The molecule has 2 atom stereocenters. The maximum atomic E-state index is 12.6.